The average molecular weight is 235 g/mol. The van der Waals surface area contributed by atoms with Gasteiger partial charge in [-0.3, -0.25) is 0 Å². The lowest BCUT2D eigenvalue weighted by Gasteiger charge is -2.06. The zero-order chi connectivity index (χ0) is 11.5. The first kappa shape index (κ1) is 12.1. The molecule has 84 valence electrons. The molecule has 6 heteroatoms. The molecule has 0 saturated carbocycles. The third-order valence-corrected chi connectivity index (χ3v) is 3.37. The first-order valence-electron chi connectivity index (χ1n) is 4.36. The predicted molar refractivity (Wildman–Crippen MR) is 52.1 cm³/mol. The third-order valence-electron chi connectivity index (χ3n) is 1.77. The van der Waals surface area contributed by atoms with Gasteiger partial charge in [-0.15, -0.1) is 0 Å². The molecule has 0 spiro atoms. The SMILES string of the molecule is CCNCS(=O)(=O)c1c(F)cccc1F. The van der Waals surface area contributed by atoms with E-state index in [-0.39, 0.29) is 0 Å². The third kappa shape index (κ3) is 2.73. The summed E-state index contributed by atoms with van der Waals surface area (Å²) in [6.45, 7) is 2.11. The summed E-state index contributed by atoms with van der Waals surface area (Å²) in [5, 5.41) is 2.52. The summed E-state index contributed by atoms with van der Waals surface area (Å²) in [5.74, 6) is -2.60. The zero-order valence-corrected chi connectivity index (χ0v) is 8.94. The first-order valence-corrected chi connectivity index (χ1v) is 6.01. The molecule has 0 radical (unpaired) electrons. The summed E-state index contributed by atoms with van der Waals surface area (Å²) in [7, 11) is -3.94. The van der Waals surface area contributed by atoms with Crippen LogP contribution in [0, 0.1) is 11.6 Å². The van der Waals surface area contributed by atoms with Crippen molar-refractivity contribution in [3.63, 3.8) is 0 Å². The second-order valence-electron chi connectivity index (χ2n) is 2.91. The molecule has 0 aliphatic rings. The van der Waals surface area contributed by atoms with E-state index in [9.17, 15) is 17.2 Å². The molecule has 0 atom stereocenters. The van der Waals surface area contributed by atoms with Crippen molar-refractivity contribution in [2.45, 2.75) is 11.8 Å². The Morgan fingerprint density at radius 1 is 1.27 bits per heavy atom. The van der Waals surface area contributed by atoms with Gasteiger partial charge in [-0.2, -0.15) is 0 Å². The smallest absolute Gasteiger partial charge is 0.197 e. The minimum absolute atomic E-state index is 0.412. The Morgan fingerprint density at radius 3 is 2.27 bits per heavy atom. The Labute approximate surface area is 87.0 Å². The van der Waals surface area contributed by atoms with Crippen LogP contribution in [0.3, 0.4) is 0 Å². The number of halogens is 2. The molecule has 1 aromatic carbocycles. The normalized spacial score (nSPS) is 11.7. The van der Waals surface area contributed by atoms with E-state index in [2.05, 4.69) is 5.32 Å². The summed E-state index contributed by atoms with van der Waals surface area (Å²) >= 11 is 0. The van der Waals surface area contributed by atoms with Crippen LogP contribution >= 0.6 is 0 Å². The van der Waals surface area contributed by atoms with Gasteiger partial charge in [0.05, 0.1) is 0 Å². The van der Waals surface area contributed by atoms with E-state index in [4.69, 9.17) is 0 Å². The molecule has 0 aliphatic heterocycles. The number of hydrogen-bond donors (Lipinski definition) is 1. The number of hydrogen-bond acceptors (Lipinski definition) is 3. The molecular weight excluding hydrogens is 224 g/mol. The fraction of sp³-hybridized carbons (Fsp3) is 0.333. The van der Waals surface area contributed by atoms with Crippen LogP contribution in [0.2, 0.25) is 0 Å². The van der Waals surface area contributed by atoms with E-state index in [0.29, 0.717) is 6.54 Å². The van der Waals surface area contributed by atoms with Crippen molar-refractivity contribution >= 4 is 9.84 Å². The lowest BCUT2D eigenvalue weighted by atomic mass is 10.3. The van der Waals surface area contributed by atoms with E-state index in [1.165, 1.54) is 0 Å². The Hall–Kier alpha value is -1.01. The van der Waals surface area contributed by atoms with Crippen molar-refractivity contribution in [2.75, 3.05) is 12.4 Å². The first-order chi connectivity index (χ1) is 6.99. The fourth-order valence-electron chi connectivity index (χ4n) is 1.09. The Balaban J connectivity index is 3.15. The van der Waals surface area contributed by atoms with Gasteiger partial charge in [-0.25, -0.2) is 17.2 Å². The van der Waals surface area contributed by atoms with Crippen LogP contribution in [0.1, 0.15) is 6.92 Å². The standard InChI is InChI=1S/C9H11F2NO2S/c1-2-12-6-15(13,14)9-7(10)4-3-5-8(9)11/h3-5,12H,2,6H2,1H3. The largest absolute Gasteiger partial charge is 0.304 e. The van der Waals surface area contributed by atoms with E-state index < -0.39 is 32.2 Å². The molecule has 0 heterocycles. The number of nitrogens with one attached hydrogen (secondary N) is 1. The molecule has 0 bridgehead atoms. The highest BCUT2D eigenvalue weighted by molar-refractivity contribution is 7.91. The summed E-state index contributed by atoms with van der Waals surface area (Å²) in [6, 6.07) is 2.96. The van der Waals surface area contributed by atoms with Crippen molar-refractivity contribution in [3.8, 4) is 0 Å². The minimum atomic E-state index is -3.94. The molecule has 1 N–H and O–H groups in total. The van der Waals surface area contributed by atoms with Gasteiger partial charge in [-0.1, -0.05) is 13.0 Å². The van der Waals surface area contributed by atoms with Crippen molar-refractivity contribution in [1.29, 1.82) is 0 Å². The van der Waals surface area contributed by atoms with Gasteiger partial charge < -0.3 is 5.32 Å². The molecule has 1 rings (SSSR count). The molecule has 1 aromatic rings. The fourth-order valence-corrected chi connectivity index (χ4v) is 2.44. The maximum atomic E-state index is 13.1. The van der Waals surface area contributed by atoms with E-state index in [1.54, 1.807) is 6.92 Å². The van der Waals surface area contributed by atoms with Crippen LogP contribution < -0.4 is 5.32 Å². The van der Waals surface area contributed by atoms with Crippen LogP contribution in [0.25, 0.3) is 0 Å². The second kappa shape index (κ2) is 4.67. The summed E-state index contributed by atoms with van der Waals surface area (Å²) < 4.78 is 49.2. The molecule has 0 saturated heterocycles. The monoisotopic (exact) mass is 235 g/mol. The Morgan fingerprint density at radius 2 is 1.80 bits per heavy atom. The summed E-state index contributed by atoms with van der Waals surface area (Å²) in [4.78, 5) is -0.869. The lowest BCUT2D eigenvalue weighted by molar-refractivity contribution is 0.517. The molecular formula is C9H11F2NO2S. The van der Waals surface area contributed by atoms with E-state index in [1.807, 2.05) is 0 Å². The number of rotatable bonds is 4. The van der Waals surface area contributed by atoms with Gasteiger partial charge in [-0.05, 0) is 18.7 Å². The topological polar surface area (TPSA) is 46.2 Å². The maximum Gasteiger partial charge on any atom is 0.197 e. The minimum Gasteiger partial charge on any atom is -0.304 e. The van der Waals surface area contributed by atoms with Crippen LogP contribution in [0.4, 0.5) is 8.78 Å². The van der Waals surface area contributed by atoms with Crippen LogP contribution in [0.5, 0.6) is 0 Å². The summed E-state index contributed by atoms with van der Waals surface area (Å²) in [6.07, 6.45) is 0. The Bertz CT molecular complexity index is 425. The number of benzene rings is 1. The Kier molecular flexibility index (Phi) is 3.76. The molecule has 15 heavy (non-hydrogen) atoms. The van der Waals surface area contributed by atoms with Crippen molar-refractivity contribution in [1.82, 2.24) is 5.32 Å². The van der Waals surface area contributed by atoms with Gasteiger partial charge >= 0.3 is 0 Å². The van der Waals surface area contributed by atoms with Crippen LogP contribution in [0.15, 0.2) is 23.1 Å². The molecule has 0 amide bonds. The highest BCUT2D eigenvalue weighted by Crippen LogP contribution is 2.18. The van der Waals surface area contributed by atoms with Crippen LogP contribution in [-0.2, 0) is 9.84 Å². The van der Waals surface area contributed by atoms with Crippen molar-refractivity contribution in [2.24, 2.45) is 0 Å². The van der Waals surface area contributed by atoms with E-state index in [0.717, 1.165) is 18.2 Å². The second-order valence-corrected chi connectivity index (χ2v) is 4.84. The molecule has 0 aliphatic carbocycles. The maximum absolute atomic E-state index is 13.1. The quantitative estimate of drug-likeness (QED) is 0.855. The predicted octanol–water partition coefficient (Wildman–Crippen LogP) is 1.31. The lowest BCUT2D eigenvalue weighted by Crippen LogP contribution is -2.24. The van der Waals surface area contributed by atoms with Gasteiger partial charge in [0, 0.05) is 0 Å². The van der Waals surface area contributed by atoms with Crippen molar-refractivity contribution < 1.29 is 17.2 Å². The molecule has 3 nitrogen and oxygen atoms in total. The number of sulfone groups is 1. The molecule has 0 aromatic heterocycles. The summed E-state index contributed by atoms with van der Waals surface area (Å²) in [5.41, 5.74) is 0. The van der Waals surface area contributed by atoms with Crippen molar-refractivity contribution in [3.05, 3.63) is 29.8 Å². The molecule has 0 fully saturated rings. The highest BCUT2D eigenvalue weighted by atomic mass is 32.2. The zero-order valence-electron chi connectivity index (χ0n) is 8.13. The average Bonchev–Trinajstić information content (AvgIpc) is 2.14. The van der Waals surface area contributed by atoms with Gasteiger partial charge in [0.15, 0.2) is 9.84 Å². The van der Waals surface area contributed by atoms with E-state index >= 15 is 0 Å². The molecule has 0 unspecified atom stereocenters. The highest BCUT2D eigenvalue weighted by Gasteiger charge is 2.22. The van der Waals surface area contributed by atoms with Gasteiger partial charge in [0.1, 0.15) is 22.4 Å². The van der Waals surface area contributed by atoms with Gasteiger partial charge in [0.25, 0.3) is 0 Å². The van der Waals surface area contributed by atoms with Gasteiger partial charge in [0.2, 0.25) is 0 Å². The van der Waals surface area contributed by atoms with Crippen LogP contribution in [-0.4, -0.2) is 20.8 Å².